The van der Waals surface area contributed by atoms with Crippen LogP contribution in [0.15, 0.2) is 0 Å². The Bertz CT molecular complexity index is 277. The summed E-state index contributed by atoms with van der Waals surface area (Å²) in [6, 6.07) is 0.260. The molecule has 1 amide bonds. The summed E-state index contributed by atoms with van der Waals surface area (Å²) in [5.41, 5.74) is 5.97. The number of amides is 1. The van der Waals surface area contributed by atoms with Crippen molar-refractivity contribution in [3.8, 4) is 0 Å². The van der Waals surface area contributed by atoms with E-state index in [9.17, 15) is 4.79 Å². The van der Waals surface area contributed by atoms with E-state index < -0.39 is 0 Å². The van der Waals surface area contributed by atoms with Crippen LogP contribution in [-0.4, -0.2) is 42.6 Å². The van der Waals surface area contributed by atoms with E-state index in [4.69, 9.17) is 10.5 Å². The summed E-state index contributed by atoms with van der Waals surface area (Å²) >= 11 is 0. The molecule has 2 heterocycles. The number of nitrogens with zero attached hydrogens (tertiary/aromatic N) is 1. The zero-order valence-electron chi connectivity index (χ0n) is 11.4. The summed E-state index contributed by atoms with van der Waals surface area (Å²) in [7, 11) is 0. The number of nitrogens with two attached hydrogens (primary N) is 1. The highest BCUT2D eigenvalue weighted by Gasteiger charge is 2.26. The summed E-state index contributed by atoms with van der Waals surface area (Å²) in [5.74, 6) is 0.705. The van der Waals surface area contributed by atoms with Crippen LogP contribution in [0.2, 0.25) is 0 Å². The zero-order valence-corrected chi connectivity index (χ0v) is 11.4. The number of carbonyl (C=O) groups is 1. The number of likely N-dealkylation sites (tertiary alicyclic amines) is 1. The number of piperidine rings is 1. The van der Waals surface area contributed by atoms with Crippen LogP contribution in [0.1, 0.15) is 45.4 Å². The molecule has 3 unspecified atom stereocenters. The van der Waals surface area contributed by atoms with Crippen molar-refractivity contribution in [1.82, 2.24) is 4.90 Å². The first-order valence-corrected chi connectivity index (χ1v) is 7.32. The van der Waals surface area contributed by atoms with Gasteiger partial charge in [0.05, 0.1) is 6.10 Å². The Balaban J connectivity index is 1.70. The average molecular weight is 254 g/mol. The van der Waals surface area contributed by atoms with Gasteiger partial charge in [0.2, 0.25) is 5.91 Å². The number of hydrogen-bond donors (Lipinski definition) is 1. The van der Waals surface area contributed by atoms with Crippen LogP contribution in [0.5, 0.6) is 0 Å². The van der Waals surface area contributed by atoms with Crippen LogP contribution in [0.3, 0.4) is 0 Å². The Morgan fingerprint density at radius 3 is 2.89 bits per heavy atom. The lowest BCUT2D eigenvalue weighted by Crippen LogP contribution is -2.48. The Hall–Kier alpha value is -0.610. The van der Waals surface area contributed by atoms with Crippen molar-refractivity contribution in [3.63, 3.8) is 0 Å². The molecule has 0 aromatic carbocycles. The minimum atomic E-state index is 0.260. The minimum absolute atomic E-state index is 0.260. The normalized spacial score (nSPS) is 33.4. The second kappa shape index (κ2) is 6.53. The Morgan fingerprint density at radius 2 is 2.22 bits per heavy atom. The largest absolute Gasteiger partial charge is 0.378 e. The van der Waals surface area contributed by atoms with Crippen molar-refractivity contribution < 1.29 is 9.53 Å². The molecule has 4 heteroatoms. The maximum atomic E-state index is 12.1. The lowest BCUT2D eigenvalue weighted by atomic mass is 9.94. The van der Waals surface area contributed by atoms with E-state index in [-0.39, 0.29) is 11.9 Å². The number of rotatable bonds is 3. The van der Waals surface area contributed by atoms with E-state index in [0.29, 0.717) is 18.4 Å². The Morgan fingerprint density at radius 1 is 1.39 bits per heavy atom. The third-order valence-electron chi connectivity index (χ3n) is 4.28. The van der Waals surface area contributed by atoms with E-state index >= 15 is 0 Å². The minimum Gasteiger partial charge on any atom is -0.378 e. The monoisotopic (exact) mass is 254 g/mol. The fourth-order valence-electron chi connectivity index (χ4n) is 2.87. The molecule has 3 atom stereocenters. The van der Waals surface area contributed by atoms with Crippen LogP contribution in [0.4, 0.5) is 0 Å². The van der Waals surface area contributed by atoms with Gasteiger partial charge in [-0.3, -0.25) is 4.79 Å². The quantitative estimate of drug-likeness (QED) is 0.831. The van der Waals surface area contributed by atoms with Gasteiger partial charge in [-0.2, -0.15) is 0 Å². The topological polar surface area (TPSA) is 55.6 Å². The fourth-order valence-corrected chi connectivity index (χ4v) is 2.87. The van der Waals surface area contributed by atoms with Crippen LogP contribution in [0.25, 0.3) is 0 Å². The van der Waals surface area contributed by atoms with Gasteiger partial charge in [0.25, 0.3) is 0 Å². The smallest absolute Gasteiger partial charge is 0.222 e. The first-order chi connectivity index (χ1) is 8.66. The fraction of sp³-hybridized carbons (Fsp3) is 0.929. The van der Waals surface area contributed by atoms with Gasteiger partial charge in [-0.1, -0.05) is 6.92 Å². The van der Waals surface area contributed by atoms with E-state index in [2.05, 4.69) is 6.92 Å². The van der Waals surface area contributed by atoms with Crippen molar-refractivity contribution in [2.45, 2.75) is 57.6 Å². The third kappa shape index (κ3) is 3.69. The summed E-state index contributed by atoms with van der Waals surface area (Å²) in [6.07, 6.45) is 6.30. The molecule has 0 bridgehead atoms. The number of hydrogen-bond acceptors (Lipinski definition) is 3. The molecule has 0 aromatic heterocycles. The van der Waals surface area contributed by atoms with Gasteiger partial charge in [0.15, 0.2) is 0 Å². The predicted molar refractivity (Wildman–Crippen MR) is 71.2 cm³/mol. The molecule has 0 radical (unpaired) electrons. The molecule has 0 saturated carbocycles. The van der Waals surface area contributed by atoms with Crippen molar-refractivity contribution in [1.29, 1.82) is 0 Å². The first kappa shape index (κ1) is 13.8. The van der Waals surface area contributed by atoms with Gasteiger partial charge in [0.1, 0.15) is 0 Å². The number of carbonyl (C=O) groups excluding carboxylic acids is 1. The van der Waals surface area contributed by atoms with Crippen molar-refractivity contribution >= 4 is 5.91 Å². The molecule has 2 aliphatic heterocycles. The lowest BCUT2D eigenvalue weighted by molar-refractivity contribution is -0.134. The molecule has 0 aliphatic carbocycles. The van der Waals surface area contributed by atoms with Crippen LogP contribution in [-0.2, 0) is 9.53 Å². The van der Waals surface area contributed by atoms with Crippen molar-refractivity contribution in [2.75, 3.05) is 19.7 Å². The Kier molecular flexibility index (Phi) is 5.01. The molecular weight excluding hydrogens is 228 g/mol. The molecule has 2 aliphatic rings. The maximum Gasteiger partial charge on any atom is 0.222 e. The van der Waals surface area contributed by atoms with Crippen molar-refractivity contribution in [3.05, 3.63) is 0 Å². The van der Waals surface area contributed by atoms with Gasteiger partial charge in [0, 0.05) is 32.2 Å². The van der Waals surface area contributed by atoms with E-state index in [1.807, 2.05) is 4.90 Å². The van der Waals surface area contributed by atoms with Gasteiger partial charge in [-0.15, -0.1) is 0 Å². The molecular formula is C14H26N2O2. The van der Waals surface area contributed by atoms with Gasteiger partial charge in [-0.25, -0.2) is 0 Å². The molecule has 2 rings (SSSR count). The zero-order chi connectivity index (χ0) is 13.0. The van der Waals surface area contributed by atoms with Gasteiger partial charge < -0.3 is 15.4 Å². The van der Waals surface area contributed by atoms with E-state index in [0.717, 1.165) is 39.0 Å². The van der Waals surface area contributed by atoms with Crippen LogP contribution < -0.4 is 5.73 Å². The van der Waals surface area contributed by atoms with Gasteiger partial charge >= 0.3 is 0 Å². The molecule has 2 N–H and O–H groups in total. The highest BCUT2D eigenvalue weighted by atomic mass is 16.5. The van der Waals surface area contributed by atoms with E-state index in [1.54, 1.807) is 0 Å². The first-order valence-electron chi connectivity index (χ1n) is 7.32. The second-order valence-electron chi connectivity index (χ2n) is 5.80. The number of ether oxygens (including phenoxy) is 1. The molecule has 4 nitrogen and oxygen atoms in total. The highest BCUT2D eigenvalue weighted by molar-refractivity contribution is 5.76. The molecule has 2 saturated heterocycles. The maximum absolute atomic E-state index is 12.1. The Labute approximate surface area is 110 Å². The molecule has 104 valence electrons. The van der Waals surface area contributed by atoms with Crippen molar-refractivity contribution in [2.24, 2.45) is 11.7 Å². The second-order valence-corrected chi connectivity index (χ2v) is 5.80. The highest BCUT2D eigenvalue weighted by Crippen LogP contribution is 2.19. The standard InChI is InChI=1S/C14H26N2O2/c1-11-10-16(8-7-13(11)15)14(17)6-5-12-4-2-3-9-18-12/h11-13H,2-10,15H2,1H3. The summed E-state index contributed by atoms with van der Waals surface area (Å²) in [4.78, 5) is 14.1. The average Bonchev–Trinajstić information content (AvgIpc) is 2.40. The summed E-state index contributed by atoms with van der Waals surface area (Å²) in [6.45, 7) is 4.66. The molecule has 0 aromatic rings. The third-order valence-corrected chi connectivity index (χ3v) is 4.28. The van der Waals surface area contributed by atoms with Crippen LogP contribution >= 0.6 is 0 Å². The van der Waals surface area contributed by atoms with Crippen LogP contribution in [0, 0.1) is 5.92 Å². The van der Waals surface area contributed by atoms with Gasteiger partial charge in [-0.05, 0) is 38.0 Å². The molecule has 18 heavy (non-hydrogen) atoms. The lowest BCUT2D eigenvalue weighted by Gasteiger charge is -2.35. The molecule has 0 spiro atoms. The predicted octanol–water partition coefficient (Wildman–Crippen LogP) is 1.53. The summed E-state index contributed by atoms with van der Waals surface area (Å²) in [5, 5.41) is 0. The molecule has 2 fully saturated rings. The SMILES string of the molecule is CC1CN(C(=O)CCC2CCCCO2)CCC1N. The van der Waals surface area contributed by atoms with E-state index in [1.165, 1.54) is 12.8 Å². The summed E-state index contributed by atoms with van der Waals surface area (Å²) < 4.78 is 5.66.